The van der Waals surface area contributed by atoms with Gasteiger partial charge in [-0.25, -0.2) is 4.98 Å². The van der Waals surface area contributed by atoms with Crippen LogP contribution >= 0.6 is 23.2 Å². The SMILES string of the molecule is CC(C)(O)c1cc(Cl)c(Nc2nc3ccc(CO)cc3c3c(=O)[nH]ccc23)c(Cl)c1. The second-order valence-corrected chi connectivity index (χ2v) is 8.38. The zero-order valence-electron chi connectivity index (χ0n) is 16.3. The highest BCUT2D eigenvalue weighted by Gasteiger charge is 2.21. The Hall–Kier alpha value is -2.64. The van der Waals surface area contributed by atoms with Gasteiger partial charge in [-0.05, 0) is 55.3 Å². The molecule has 0 fully saturated rings. The molecule has 0 bridgehead atoms. The van der Waals surface area contributed by atoms with Gasteiger partial charge < -0.3 is 20.5 Å². The van der Waals surface area contributed by atoms with Crippen molar-refractivity contribution in [3.63, 3.8) is 0 Å². The number of anilines is 2. The maximum Gasteiger partial charge on any atom is 0.256 e. The van der Waals surface area contributed by atoms with Crippen molar-refractivity contribution in [2.45, 2.75) is 26.1 Å². The van der Waals surface area contributed by atoms with Crippen LogP contribution in [-0.4, -0.2) is 20.2 Å². The molecule has 6 nitrogen and oxygen atoms in total. The van der Waals surface area contributed by atoms with E-state index in [0.29, 0.717) is 54.4 Å². The first-order chi connectivity index (χ1) is 14.2. The molecule has 4 rings (SSSR count). The van der Waals surface area contributed by atoms with E-state index in [4.69, 9.17) is 23.2 Å². The molecule has 0 aliphatic rings. The number of aliphatic hydroxyl groups is 2. The van der Waals surface area contributed by atoms with Crippen LogP contribution in [0.1, 0.15) is 25.0 Å². The smallest absolute Gasteiger partial charge is 0.256 e. The Morgan fingerprint density at radius 3 is 2.43 bits per heavy atom. The number of fused-ring (bicyclic) bond motifs is 3. The van der Waals surface area contributed by atoms with Crippen LogP contribution in [0.2, 0.25) is 10.0 Å². The Kier molecular flexibility index (Phi) is 5.20. The molecule has 154 valence electrons. The van der Waals surface area contributed by atoms with Gasteiger partial charge in [0.25, 0.3) is 5.56 Å². The van der Waals surface area contributed by atoms with Crippen molar-refractivity contribution in [1.82, 2.24) is 9.97 Å². The number of benzene rings is 2. The van der Waals surface area contributed by atoms with E-state index < -0.39 is 5.60 Å². The third-order valence-electron chi connectivity index (χ3n) is 4.95. The third-order valence-corrected chi connectivity index (χ3v) is 5.55. The van der Waals surface area contributed by atoms with Crippen LogP contribution in [0.15, 0.2) is 47.4 Å². The van der Waals surface area contributed by atoms with Gasteiger partial charge in [0, 0.05) is 17.0 Å². The van der Waals surface area contributed by atoms with Crippen LogP contribution < -0.4 is 10.9 Å². The Labute approximate surface area is 182 Å². The van der Waals surface area contributed by atoms with E-state index in [1.807, 2.05) is 0 Å². The summed E-state index contributed by atoms with van der Waals surface area (Å²) in [6.45, 7) is 3.15. The highest BCUT2D eigenvalue weighted by atomic mass is 35.5. The fourth-order valence-electron chi connectivity index (χ4n) is 3.36. The first kappa shape index (κ1) is 20.6. The highest BCUT2D eigenvalue weighted by Crippen LogP contribution is 2.38. The normalized spacial score (nSPS) is 11.9. The summed E-state index contributed by atoms with van der Waals surface area (Å²) in [6, 6.07) is 10.3. The minimum Gasteiger partial charge on any atom is -0.392 e. The standard InChI is InChI=1S/C22H19Cl2N3O3/c1-22(2,30)12-8-15(23)19(16(24)9-12)27-20-13-5-6-25-21(29)18(13)14-7-11(10-28)3-4-17(14)26-20/h3-9,28,30H,10H2,1-2H3,(H,25,29)(H,26,27). The number of nitrogens with one attached hydrogen (secondary N) is 2. The second-order valence-electron chi connectivity index (χ2n) is 7.56. The first-order valence-electron chi connectivity index (χ1n) is 9.23. The van der Waals surface area contributed by atoms with Crippen LogP contribution in [0.4, 0.5) is 11.5 Å². The van der Waals surface area contributed by atoms with Crippen LogP contribution in [0, 0.1) is 0 Å². The molecule has 2 heterocycles. The molecule has 0 saturated carbocycles. The highest BCUT2D eigenvalue weighted by molar-refractivity contribution is 6.39. The molecule has 0 saturated heterocycles. The quantitative estimate of drug-likeness (QED) is 0.338. The van der Waals surface area contributed by atoms with E-state index in [0.717, 1.165) is 0 Å². The summed E-state index contributed by atoms with van der Waals surface area (Å²) in [5.41, 5.74) is 0.894. The van der Waals surface area contributed by atoms with E-state index >= 15 is 0 Å². The number of H-pyrrole nitrogens is 1. The summed E-state index contributed by atoms with van der Waals surface area (Å²) in [5.74, 6) is 0.417. The van der Waals surface area contributed by atoms with Crippen LogP contribution in [0.5, 0.6) is 0 Å². The van der Waals surface area contributed by atoms with Gasteiger partial charge in [-0.2, -0.15) is 0 Å². The average Bonchev–Trinajstić information content (AvgIpc) is 2.69. The Bertz CT molecular complexity index is 1320. The van der Waals surface area contributed by atoms with Crippen molar-refractivity contribution in [3.8, 4) is 0 Å². The van der Waals surface area contributed by atoms with Crippen molar-refractivity contribution in [2.24, 2.45) is 0 Å². The summed E-state index contributed by atoms with van der Waals surface area (Å²) in [5, 5.41) is 25.2. The van der Waals surface area contributed by atoms with Crippen LogP contribution in [0.3, 0.4) is 0 Å². The molecule has 0 amide bonds. The molecule has 4 N–H and O–H groups in total. The van der Waals surface area contributed by atoms with E-state index in [-0.39, 0.29) is 12.2 Å². The molecule has 0 spiro atoms. The molecule has 0 aliphatic carbocycles. The number of aromatic amines is 1. The molecule has 0 radical (unpaired) electrons. The van der Waals surface area contributed by atoms with Gasteiger partial charge >= 0.3 is 0 Å². The number of hydrogen-bond acceptors (Lipinski definition) is 5. The lowest BCUT2D eigenvalue weighted by molar-refractivity contribution is 0.0786. The number of aromatic nitrogens is 2. The maximum atomic E-state index is 12.6. The molecule has 4 aromatic rings. The zero-order valence-corrected chi connectivity index (χ0v) is 17.8. The number of aliphatic hydroxyl groups excluding tert-OH is 1. The minimum absolute atomic E-state index is 0.138. The topological polar surface area (TPSA) is 98.2 Å². The minimum atomic E-state index is -1.10. The van der Waals surface area contributed by atoms with Crippen molar-refractivity contribution >= 4 is 56.4 Å². The lowest BCUT2D eigenvalue weighted by Gasteiger charge is -2.20. The number of nitrogens with zero attached hydrogens (tertiary/aromatic N) is 1. The molecule has 30 heavy (non-hydrogen) atoms. The molecule has 0 aliphatic heterocycles. The second kappa shape index (κ2) is 7.56. The average molecular weight is 444 g/mol. The Morgan fingerprint density at radius 1 is 1.10 bits per heavy atom. The first-order valence-corrected chi connectivity index (χ1v) is 9.98. The summed E-state index contributed by atoms with van der Waals surface area (Å²) in [4.78, 5) is 20.0. The van der Waals surface area contributed by atoms with Crippen molar-refractivity contribution < 1.29 is 10.2 Å². The number of halogens is 2. The summed E-state index contributed by atoms with van der Waals surface area (Å²) in [6.07, 6.45) is 1.54. The van der Waals surface area contributed by atoms with Gasteiger partial charge in [-0.1, -0.05) is 29.3 Å². The van der Waals surface area contributed by atoms with Crippen LogP contribution in [0.25, 0.3) is 21.7 Å². The van der Waals surface area contributed by atoms with Crippen molar-refractivity contribution in [1.29, 1.82) is 0 Å². The molecule has 0 unspecified atom stereocenters. The van der Waals surface area contributed by atoms with Crippen molar-refractivity contribution in [3.05, 3.63) is 74.1 Å². The zero-order chi connectivity index (χ0) is 21.6. The fourth-order valence-corrected chi connectivity index (χ4v) is 3.94. The van der Waals surface area contributed by atoms with Gasteiger partial charge in [0.15, 0.2) is 0 Å². The van der Waals surface area contributed by atoms with E-state index in [1.165, 1.54) is 0 Å². The van der Waals surface area contributed by atoms with Crippen molar-refractivity contribution in [2.75, 3.05) is 5.32 Å². The Balaban J connectivity index is 1.94. The van der Waals surface area contributed by atoms with Gasteiger partial charge in [-0.15, -0.1) is 0 Å². The molecule has 8 heteroatoms. The predicted octanol–water partition coefficient (Wildman–Crippen LogP) is 4.85. The summed E-state index contributed by atoms with van der Waals surface area (Å²) >= 11 is 12.9. The van der Waals surface area contributed by atoms with E-state index in [9.17, 15) is 15.0 Å². The third kappa shape index (κ3) is 3.63. The van der Waals surface area contributed by atoms with Crippen LogP contribution in [-0.2, 0) is 12.2 Å². The lowest BCUT2D eigenvalue weighted by atomic mass is 9.98. The maximum absolute atomic E-state index is 12.6. The van der Waals surface area contributed by atoms with Gasteiger partial charge in [0.05, 0.1) is 38.8 Å². The molecular weight excluding hydrogens is 425 g/mol. The summed E-state index contributed by atoms with van der Waals surface area (Å²) < 4.78 is 0. The van der Waals surface area contributed by atoms with E-state index in [2.05, 4.69) is 15.3 Å². The number of pyridine rings is 2. The number of rotatable bonds is 4. The fraction of sp³-hybridized carbons (Fsp3) is 0.182. The Morgan fingerprint density at radius 2 is 1.80 bits per heavy atom. The number of hydrogen-bond donors (Lipinski definition) is 4. The van der Waals surface area contributed by atoms with Gasteiger partial charge in [0.2, 0.25) is 0 Å². The molecule has 0 atom stereocenters. The lowest BCUT2D eigenvalue weighted by Crippen LogP contribution is -2.15. The summed E-state index contributed by atoms with van der Waals surface area (Å²) in [7, 11) is 0. The van der Waals surface area contributed by atoms with E-state index in [1.54, 1.807) is 56.4 Å². The molecule has 2 aromatic heterocycles. The van der Waals surface area contributed by atoms with Gasteiger partial charge in [-0.3, -0.25) is 4.79 Å². The predicted molar refractivity (Wildman–Crippen MR) is 121 cm³/mol. The monoisotopic (exact) mass is 443 g/mol. The van der Waals surface area contributed by atoms with Gasteiger partial charge in [0.1, 0.15) is 5.82 Å². The largest absolute Gasteiger partial charge is 0.392 e. The molecule has 2 aromatic carbocycles. The molecular formula is C22H19Cl2N3O3.